The first-order chi connectivity index (χ1) is 9.19. The molecule has 1 spiro atoms. The van der Waals surface area contributed by atoms with Gasteiger partial charge in [0.2, 0.25) is 0 Å². The topological polar surface area (TPSA) is 41.6 Å². The van der Waals surface area contributed by atoms with Gasteiger partial charge in [0.05, 0.1) is 13.1 Å². The highest BCUT2D eigenvalue weighted by Gasteiger charge is 2.45. The molecule has 1 aromatic carbocycles. The smallest absolute Gasteiger partial charge is 0.410 e. The van der Waals surface area contributed by atoms with Crippen molar-refractivity contribution in [3.63, 3.8) is 0 Å². The minimum Gasteiger partial charge on any atom is -0.441 e. The summed E-state index contributed by atoms with van der Waals surface area (Å²) in [6.45, 7) is 2.56. The third-order valence-corrected chi connectivity index (χ3v) is 3.87. The SMILES string of the molecule is O=C1OC2(CCNCC2)CN1Cc1ccccc1F. The maximum Gasteiger partial charge on any atom is 0.410 e. The van der Waals surface area contributed by atoms with Crippen LogP contribution in [0.15, 0.2) is 24.3 Å². The minimum absolute atomic E-state index is 0.276. The number of nitrogens with zero attached hydrogens (tertiary/aromatic N) is 1. The molecule has 2 saturated heterocycles. The summed E-state index contributed by atoms with van der Waals surface area (Å²) in [6, 6.07) is 6.54. The number of amides is 1. The first-order valence-corrected chi connectivity index (χ1v) is 6.61. The van der Waals surface area contributed by atoms with Crippen LogP contribution >= 0.6 is 0 Å². The number of hydrogen-bond acceptors (Lipinski definition) is 3. The number of nitrogens with one attached hydrogen (secondary N) is 1. The molecule has 0 aromatic heterocycles. The Balaban J connectivity index is 1.72. The molecular formula is C14H17FN2O2. The Bertz CT molecular complexity index is 486. The molecule has 2 heterocycles. The summed E-state index contributed by atoms with van der Waals surface area (Å²) in [5.41, 5.74) is 0.165. The molecule has 0 saturated carbocycles. The molecule has 1 N–H and O–H groups in total. The molecular weight excluding hydrogens is 247 g/mol. The van der Waals surface area contributed by atoms with Gasteiger partial charge in [0.1, 0.15) is 11.4 Å². The molecule has 1 aromatic rings. The Morgan fingerprint density at radius 2 is 2.05 bits per heavy atom. The van der Waals surface area contributed by atoms with Gasteiger partial charge >= 0.3 is 6.09 Å². The van der Waals surface area contributed by atoms with Crippen molar-refractivity contribution in [1.82, 2.24) is 10.2 Å². The average Bonchev–Trinajstić information content (AvgIpc) is 2.69. The van der Waals surface area contributed by atoms with Gasteiger partial charge in [-0.3, -0.25) is 4.90 Å². The van der Waals surface area contributed by atoms with Gasteiger partial charge in [-0.1, -0.05) is 18.2 Å². The summed E-state index contributed by atoms with van der Waals surface area (Å²) < 4.78 is 19.2. The van der Waals surface area contributed by atoms with Gasteiger partial charge in [0.15, 0.2) is 0 Å². The predicted molar refractivity (Wildman–Crippen MR) is 68.1 cm³/mol. The second kappa shape index (κ2) is 4.81. The van der Waals surface area contributed by atoms with Crippen LogP contribution in [0.25, 0.3) is 0 Å². The Morgan fingerprint density at radius 1 is 1.32 bits per heavy atom. The molecule has 0 radical (unpaired) electrons. The predicted octanol–water partition coefficient (Wildman–Crippen LogP) is 1.90. The fraction of sp³-hybridized carbons (Fsp3) is 0.500. The Morgan fingerprint density at radius 3 is 2.79 bits per heavy atom. The molecule has 102 valence electrons. The maximum atomic E-state index is 13.6. The molecule has 3 rings (SSSR count). The second-order valence-corrected chi connectivity index (χ2v) is 5.25. The number of ether oxygens (including phenoxy) is 1. The van der Waals surface area contributed by atoms with E-state index in [9.17, 15) is 9.18 Å². The van der Waals surface area contributed by atoms with Crippen molar-refractivity contribution in [3.05, 3.63) is 35.6 Å². The van der Waals surface area contributed by atoms with E-state index in [1.54, 1.807) is 23.1 Å². The lowest BCUT2D eigenvalue weighted by Crippen LogP contribution is -2.44. The van der Waals surface area contributed by atoms with Crippen LogP contribution in [0.4, 0.5) is 9.18 Å². The normalized spacial score (nSPS) is 21.7. The molecule has 0 unspecified atom stereocenters. The summed E-state index contributed by atoms with van der Waals surface area (Å²) in [4.78, 5) is 13.5. The van der Waals surface area contributed by atoms with E-state index in [1.807, 2.05) is 0 Å². The fourth-order valence-corrected chi connectivity index (χ4v) is 2.79. The average molecular weight is 264 g/mol. The fourth-order valence-electron chi connectivity index (χ4n) is 2.79. The molecule has 0 aliphatic carbocycles. The molecule has 0 atom stereocenters. The van der Waals surface area contributed by atoms with Crippen molar-refractivity contribution in [2.45, 2.75) is 25.0 Å². The quantitative estimate of drug-likeness (QED) is 0.887. The van der Waals surface area contributed by atoms with E-state index in [-0.39, 0.29) is 24.1 Å². The zero-order chi connectivity index (χ0) is 13.3. The van der Waals surface area contributed by atoms with Gasteiger partial charge in [0.25, 0.3) is 0 Å². The number of hydrogen-bond donors (Lipinski definition) is 1. The third kappa shape index (κ3) is 2.42. The lowest BCUT2D eigenvalue weighted by Gasteiger charge is -2.31. The summed E-state index contributed by atoms with van der Waals surface area (Å²) in [5.74, 6) is -0.276. The standard InChI is InChI=1S/C14H17FN2O2/c15-12-4-2-1-3-11(12)9-17-10-14(19-13(17)18)5-7-16-8-6-14/h1-4,16H,5-10H2. The van der Waals surface area contributed by atoms with Crippen molar-refractivity contribution in [3.8, 4) is 0 Å². The zero-order valence-electron chi connectivity index (χ0n) is 10.7. The van der Waals surface area contributed by atoms with Crippen molar-refractivity contribution < 1.29 is 13.9 Å². The van der Waals surface area contributed by atoms with E-state index in [0.717, 1.165) is 25.9 Å². The van der Waals surface area contributed by atoms with Crippen LogP contribution in [0.3, 0.4) is 0 Å². The van der Waals surface area contributed by atoms with Crippen LogP contribution in [0.1, 0.15) is 18.4 Å². The van der Waals surface area contributed by atoms with Crippen molar-refractivity contribution in [1.29, 1.82) is 0 Å². The van der Waals surface area contributed by atoms with Crippen LogP contribution in [-0.2, 0) is 11.3 Å². The van der Waals surface area contributed by atoms with Crippen LogP contribution < -0.4 is 5.32 Å². The summed E-state index contributed by atoms with van der Waals surface area (Å²) in [7, 11) is 0. The minimum atomic E-state index is -0.367. The summed E-state index contributed by atoms with van der Waals surface area (Å²) in [6.07, 6.45) is 1.32. The largest absolute Gasteiger partial charge is 0.441 e. The summed E-state index contributed by atoms with van der Waals surface area (Å²) >= 11 is 0. The molecule has 1 amide bonds. The number of piperidine rings is 1. The maximum absolute atomic E-state index is 13.6. The van der Waals surface area contributed by atoms with Gasteiger partial charge in [-0.25, -0.2) is 9.18 Å². The first kappa shape index (κ1) is 12.4. The van der Waals surface area contributed by atoms with Crippen LogP contribution in [0, 0.1) is 5.82 Å². The van der Waals surface area contributed by atoms with E-state index >= 15 is 0 Å². The number of halogens is 1. The van der Waals surface area contributed by atoms with Crippen molar-refractivity contribution in [2.75, 3.05) is 19.6 Å². The van der Waals surface area contributed by atoms with E-state index in [4.69, 9.17) is 4.74 Å². The highest BCUT2D eigenvalue weighted by molar-refractivity contribution is 5.70. The lowest BCUT2D eigenvalue weighted by molar-refractivity contribution is 0.0316. The van der Waals surface area contributed by atoms with E-state index in [2.05, 4.69) is 5.32 Å². The molecule has 19 heavy (non-hydrogen) atoms. The van der Waals surface area contributed by atoms with E-state index in [1.165, 1.54) is 6.07 Å². The van der Waals surface area contributed by atoms with E-state index < -0.39 is 0 Å². The summed E-state index contributed by atoms with van der Waals surface area (Å²) in [5, 5.41) is 3.25. The lowest BCUT2D eigenvalue weighted by atomic mass is 9.92. The molecule has 4 nitrogen and oxygen atoms in total. The van der Waals surface area contributed by atoms with Gasteiger partial charge in [-0.2, -0.15) is 0 Å². The van der Waals surface area contributed by atoms with Crippen LogP contribution in [-0.4, -0.2) is 36.2 Å². The molecule has 0 bridgehead atoms. The monoisotopic (exact) mass is 264 g/mol. The number of carbonyl (C=O) groups is 1. The Labute approximate surface area is 111 Å². The molecule has 2 aliphatic rings. The number of benzene rings is 1. The Kier molecular flexibility index (Phi) is 3.14. The third-order valence-electron chi connectivity index (χ3n) is 3.87. The van der Waals surface area contributed by atoms with Crippen LogP contribution in [0.2, 0.25) is 0 Å². The number of rotatable bonds is 2. The zero-order valence-corrected chi connectivity index (χ0v) is 10.7. The highest BCUT2D eigenvalue weighted by Crippen LogP contribution is 2.32. The van der Waals surface area contributed by atoms with Gasteiger partial charge in [-0.05, 0) is 19.2 Å². The second-order valence-electron chi connectivity index (χ2n) is 5.25. The molecule has 5 heteroatoms. The Hall–Kier alpha value is -1.62. The molecule has 2 aliphatic heterocycles. The van der Waals surface area contributed by atoms with Gasteiger partial charge < -0.3 is 10.1 Å². The number of carbonyl (C=O) groups excluding carboxylic acids is 1. The van der Waals surface area contributed by atoms with E-state index in [0.29, 0.717) is 12.1 Å². The first-order valence-electron chi connectivity index (χ1n) is 6.61. The molecule has 2 fully saturated rings. The van der Waals surface area contributed by atoms with Gasteiger partial charge in [0, 0.05) is 18.4 Å². The van der Waals surface area contributed by atoms with Crippen LogP contribution in [0.5, 0.6) is 0 Å². The highest BCUT2D eigenvalue weighted by atomic mass is 19.1. The van der Waals surface area contributed by atoms with Crippen molar-refractivity contribution >= 4 is 6.09 Å². The van der Waals surface area contributed by atoms with Crippen molar-refractivity contribution in [2.24, 2.45) is 0 Å². The van der Waals surface area contributed by atoms with Gasteiger partial charge in [-0.15, -0.1) is 0 Å².